The average Bonchev–Trinajstić information content (AvgIpc) is 2.28. The number of hydrogen-bond acceptors (Lipinski definition) is 4. The number of hydrogen-bond donors (Lipinski definition) is 2. The molecule has 18 heavy (non-hydrogen) atoms. The van der Waals surface area contributed by atoms with Crippen LogP contribution in [-0.4, -0.2) is 46.3 Å². The smallest absolute Gasteiger partial charge is 0.0446 e. The standard InChI is InChI=1S/C14H23N3O/c1-14(2)11-17(10-13(16-14)5-7-18)9-12-4-3-6-15-8-12/h3-4,6,8,13,16,18H,5,7,9-11H2,1-2H3. The molecule has 1 fully saturated rings. The molecule has 1 aromatic heterocycles. The molecule has 0 aliphatic carbocycles. The van der Waals surface area contributed by atoms with Gasteiger partial charge < -0.3 is 10.4 Å². The molecule has 0 aromatic carbocycles. The molecule has 1 atom stereocenters. The molecule has 1 aliphatic rings. The van der Waals surface area contributed by atoms with Crippen LogP contribution in [0.4, 0.5) is 0 Å². The maximum Gasteiger partial charge on any atom is 0.0446 e. The van der Waals surface area contributed by atoms with E-state index in [1.807, 2.05) is 12.3 Å². The number of rotatable bonds is 4. The van der Waals surface area contributed by atoms with Crippen molar-refractivity contribution < 1.29 is 5.11 Å². The van der Waals surface area contributed by atoms with Gasteiger partial charge in [0.15, 0.2) is 0 Å². The minimum atomic E-state index is 0.0975. The van der Waals surface area contributed by atoms with E-state index >= 15 is 0 Å². The molecule has 2 rings (SSSR count). The van der Waals surface area contributed by atoms with Gasteiger partial charge in [-0.2, -0.15) is 0 Å². The summed E-state index contributed by atoms with van der Waals surface area (Å²) < 4.78 is 0. The summed E-state index contributed by atoms with van der Waals surface area (Å²) in [7, 11) is 0. The fourth-order valence-electron chi connectivity index (χ4n) is 2.77. The van der Waals surface area contributed by atoms with Crippen molar-refractivity contribution in [2.24, 2.45) is 0 Å². The second-order valence-corrected chi connectivity index (χ2v) is 5.77. The summed E-state index contributed by atoms with van der Waals surface area (Å²) in [5, 5.41) is 12.7. The average molecular weight is 249 g/mol. The predicted molar refractivity (Wildman–Crippen MR) is 72.2 cm³/mol. The molecular weight excluding hydrogens is 226 g/mol. The quantitative estimate of drug-likeness (QED) is 0.836. The summed E-state index contributed by atoms with van der Waals surface area (Å²) in [4.78, 5) is 6.60. The first-order valence-corrected chi connectivity index (χ1v) is 6.59. The molecule has 2 heterocycles. The van der Waals surface area contributed by atoms with E-state index in [1.54, 1.807) is 6.20 Å². The van der Waals surface area contributed by atoms with Crippen LogP contribution in [0, 0.1) is 0 Å². The highest BCUT2D eigenvalue weighted by atomic mass is 16.3. The third-order valence-corrected chi connectivity index (χ3v) is 3.30. The van der Waals surface area contributed by atoms with Gasteiger partial charge in [-0.25, -0.2) is 0 Å². The Labute approximate surface area is 109 Å². The Morgan fingerprint density at radius 3 is 3.06 bits per heavy atom. The molecule has 4 heteroatoms. The maximum atomic E-state index is 9.10. The predicted octanol–water partition coefficient (Wildman–Crippen LogP) is 1.02. The van der Waals surface area contributed by atoms with Crippen molar-refractivity contribution in [3.63, 3.8) is 0 Å². The van der Waals surface area contributed by atoms with E-state index in [2.05, 4.69) is 35.1 Å². The van der Waals surface area contributed by atoms with Crippen molar-refractivity contribution >= 4 is 0 Å². The number of pyridine rings is 1. The third kappa shape index (κ3) is 3.77. The number of aromatic nitrogens is 1. The highest BCUT2D eigenvalue weighted by Crippen LogP contribution is 2.17. The lowest BCUT2D eigenvalue weighted by atomic mass is 9.97. The van der Waals surface area contributed by atoms with E-state index in [9.17, 15) is 0 Å². The molecule has 1 aliphatic heterocycles. The molecule has 1 aromatic rings. The molecule has 100 valence electrons. The van der Waals surface area contributed by atoms with E-state index in [0.717, 1.165) is 26.1 Å². The summed E-state index contributed by atoms with van der Waals surface area (Å²) in [5.41, 5.74) is 1.35. The lowest BCUT2D eigenvalue weighted by molar-refractivity contribution is 0.0981. The highest BCUT2D eigenvalue weighted by Gasteiger charge is 2.31. The zero-order valence-electron chi connectivity index (χ0n) is 11.3. The Hall–Kier alpha value is -0.970. The molecule has 1 unspecified atom stereocenters. The Bertz CT molecular complexity index is 367. The largest absolute Gasteiger partial charge is 0.396 e. The second-order valence-electron chi connectivity index (χ2n) is 5.77. The summed E-state index contributed by atoms with van der Waals surface area (Å²) in [6.45, 7) is 7.61. The van der Waals surface area contributed by atoms with Gasteiger partial charge in [-0.15, -0.1) is 0 Å². The highest BCUT2D eigenvalue weighted by molar-refractivity contribution is 5.09. The van der Waals surface area contributed by atoms with E-state index in [4.69, 9.17) is 5.11 Å². The minimum Gasteiger partial charge on any atom is -0.396 e. The zero-order chi connectivity index (χ0) is 13.0. The first-order valence-electron chi connectivity index (χ1n) is 6.59. The summed E-state index contributed by atoms with van der Waals surface area (Å²) >= 11 is 0. The van der Waals surface area contributed by atoms with Gasteiger partial charge in [0.25, 0.3) is 0 Å². The molecule has 0 amide bonds. The Morgan fingerprint density at radius 2 is 2.39 bits per heavy atom. The van der Waals surface area contributed by atoms with Crippen molar-refractivity contribution in [2.75, 3.05) is 19.7 Å². The normalized spacial score (nSPS) is 24.1. The maximum absolute atomic E-state index is 9.10. The Balaban J connectivity index is 1.99. The molecular formula is C14H23N3O. The Kier molecular flexibility index (Phi) is 4.32. The van der Waals surface area contributed by atoms with Crippen molar-refractivity contribution in [3.8, 4) is 0 Å². The number of nitrogens with zero attached hydrogens (tertiary/aromatic N) is 2. The van der Waals surface area contributed by atoms with Crippen molar-refractivity contribution in [3.05, 3.63) is 30.1 Å². The zero-order valence-corrected chi connectivity index (χ0v) is 11.3. The Morgan fingerprint density at radius 1 is 1.56 bits per heavy atom. The van der Waals surface area contributed by atoms with E-state index in [1.165, 1.54) is 5.56 Å². The van der Waals surface area contributed by atoms with Gasteiger partial charge in [0.2, 0.25) is 0 Å². The molecule has 2 N–H and O–H groups in total. The lowest BCUT2D eigenvalue weighted by Crippen LogP contribution is -2.61. The number of piperazine rings is 1. The summed E-state index contributed by atoms with van der Waals surface area (Å²) in [6, 6.07) is 4.46. The molecule has 0 spiro atoms. The molecule has 0 saturated carbocycles. The van der Waals surface area contributed by atoms with Crippen LogP contribution in [-0.2, 0) is 6.54 Å². The van der Waals surface area contributed by atoms with Crippen LogP contribution in [0.15, 0.2) is 24.5 Å². The van der Waals surface area contributed by atoms with Gasteiger partial charge in [0, 0.05) is 50.2 Å². The second kappa shape index (κ2) is 5.78. The van der Waals surface area contributed by atoms with Crippen LogP contribution >= 0.6 is 0 Å². The van der Waals surface area contributed by atoms with Gasteiger partial charge in [-0.05, 0) is 31.9 Å². The third-order valence-electron chi connectivity index (χ3n) is 3.30. The van der Waals surface area contributed by atoms with Crippen LogP contribution in [0.3, 0.4) is 0 Å². The van der Waals surface area contributed by atoms with Crippen molar-refractivity contribution in [1.29, 1.82) is 0 Å². The summed E-state index contributed by atoms with van der Waals surface area (Å²) in [6.07, 6.45) is 4.54. The SMILES string of the molecule is CC1(C)CN(Cc2cccnc2)CC(CCO)N1. The van der Waals surface area contributed by atoms with Gasteiger partial charge in [0.05, 0.1) is 0 Å². The minimum absolute atomic E-state index is 0.0975. The van der Waals surface area contributed by atoms with Crippen molar-refractivity contribution in [1.82, 2.24) is 15.2 Å². The molecule has 4 nitrogen and oxygen atoms in total. The van der Waals surface area contributed by atoms with Gasteiger partial charge in [-0.1, -0.05) is 6.07 Å². The van der Waals surface area contributed by atoms with Crippen LogP contribution in [0.2, 0.25) is 0 Å². The van der Waals surface area contributed by atoms with Gasteiger partial charge in [0.1, 0.15) is 0 Å². The molecule has 0 radical (unpaired) electrons. The number of aliphatic hydroxyl groups is 1. The monoisotopic (exact) mass is 249 g/mol. The van der Waals surface area contributed by atoms with Gasteiger partial charge >= 0.3 is 0 Å². The first kappa shape index (κ1) is 13.5. The molecule has 1 saturated heterocycles. The lowest BCUT2D eigenvalue weighted by Gasteiger charge is -2.43. The van der Waals surface area contributed by atoms with Crippen LogP contribution in [0.5, 0.6) is 0 Å². The molecule has 0 bridgehead atoms. The van der Waals surface area contributed by atoms with Crippen LogP contribution < -0.4 is 5.32 Å². The fraction of sp³-hybridized carbons (Fsp3) is 0.643. The van der Waals surface area contributed by atoms with Crippen LogP contribution in [0.25, 0.3) is 0 Å². The topological polar surface area (TPSA) is 48.4 Å². The van der Waals surface area contributed by atoms with E-state index < -0.39 is 0 Å². The first-order chi connectivity index (χ1) is 8.59. The van der Waals surface area contributed by atoms with E-state index in [-0.39, 0.29) is 12.1 Å². The summed E-state index contributed by atoms with van der Waals surface area (Å²) in [5.74, 6) is 0. The van der Waals surface area contributed by atoms with Crippen LogP contribution in [0.1, 0.15) is 25.8 Å². The number of aliphatic hydroxyl groups excluding tert-OH is 1. The van der Waals surface area contributed by atoms with E-state index in [0.29, 0.717) is 6.04 Å². The van der Waals surface area contributed by atoms with Gasteiger partial charge in [-0.3, -0.25) is 9.88 Å². The number of nitrogens with one attached hydrogen (secondary N) is 1. The van der Waals surface area contributed by atoms with Crippen molar-refractivity contribution in [2.45, 2.75) is 38.4 Å². The fourth-order valence-corrected chi connectivity index (χ4v) is 2.77.